The maximum Gasteiger partial charge on any atom is 0.00733 e. The third-order valence-electron chi connectivity index (χ3n) is 4.94. The molecule has 0 aromatic heterocycles. The van der Waals surface area contributed by atoms with Gasteiger partial charge in [0.2, 0.25) is 0 Å². The van der Waals surface area contributed by atoms with Gasteiger partial charge in [0.1, 0.15) is 0 Å². The van der Waals surface area contributed by atoms with Gasteiger partial charge in [0.25, 0.3) is 0 Å². The molecule has 2 aliphatic carbocycles. The van der Waals surface area contributed by atoms with Crippen LogP contribution in [0.25, 0.3) is 0 Å². The number of nitrogens with two attached hydrogens (primary N) is 2. The van der Waals surface area contributed by atoms with Crippen molar-refractivity contribution in [2.24, 2.45) is 23.3 Å². The smallest absolute Gasteiger partial charge is 0.00733 e. The number of hydrogen-bond donors (Lipinski definition) is 3. The fourth-order valence-electron chi connectivity index (χ4n) is 3.48. The van der Waals surface area contributed by atoms with Crippen molar-refractivity contribution in [2.75, 3.05) is 0 Å². The van der Waals surface area contributed by atoms with E-state index in [1.54, 1.807) is 0 Å². The van der Waals surface area contributed by atoms with Crippen LogP contribution in [0.4, 0.5) is 0 Å². The van der Waals surface area contributed by atoms with E-state index in [1.165, 1.54) is 38.5 Å². The summed E-state index contributed by atoms with van der Waals surface area (Å²) in [6.07, 6.45) is 7.36. The topological polar surface area (TPSA) is 64.1 Å². The van der Waals surface area contributed by atoms with E-state index in [4.69, 9.17) is 11.5 Å². The van der Waals surface area contributed by atoms with Gasteiger partial charge in [-0.2, -0.15) is 0 Å². The molecule has 2 rings (SSSR count). The first-order valence-corrected chi connectivity index (χ1v) is 7.33. The average Bonchev–Trinajstić information content (AvgIpc) is 2.29. The maximum absolute atomic E-state index is 6.07. The van der Waals surface area contributed by atoms with Crippen molar-refractivity contribution >= 4 is 0 Å². The molecule has 3 heteroatoms. The minimum absolute atomic E-state index is 0.423. The Morgan fingerprint density at radius 3 is 1.53 bits per heavy atom. The highest BCUT2D eigenvalue weighted by molar-refractivity contribution is 4.89. The Hall–Kier alpha value is -0.120. The van der Waals surface area contributed by atoms with E-state index in [0.29, 0.717) is 36.0 Å². The molecule has 100 valence electrons. The number of hydrogen-bond acceptors (Lipinski definition) is 3. The van der Waals surface area contributed by atoms with Crippen LogP contribution in [-0.2, 0) is 0 Å². The van der Waals surface area contributed by atoms with Crippen LogP contribution in [0.3, 0.4) is 0 Å². The van der Waals surface area contributed by atoms with E-state index in [0.717, 1.165) is 0 Å². The lowest BCUT2D eigenvalue weighted by molar-refractivity contribution is 0.206. The Bertz CT molecular complexity index is 220. The largest absolute Gasteiger partial charge is 0.327 e. The van der Waals surface area contributed by atoms with E-state index in [1.807, 2.05) is 0 Å². The Morgan fingerprint density at radius 1 is 0.765 bits per heavy atom. The summed E-state index contributed by atoms with van der Waals surface area (Å²) in [5, 5.41) is 3.85. The van der Waals surface area contributed by atoms with Crippen molar-refractivity contribution in [3.8, 4) is 0 Å². The first kappa shape index (κ1) is 13.3. The van der Waals surface area contributed by atoms with Gasteiger partial charge in [-0.25, -0.2) is 0 Å². The summed E-state index contributed by atoms with van der Waals surface area (Å²) in [6, 6.07) is 2.23. The number of nitrogens with one attached hydrogen (secondary N) is 1. The third-order valence-corrected chi connectivity index (χ3v) is 4.94. The van der Waals surface area contributed by atoms with Gasteiger partial charge in [0.15, 0.2) is 0 Å². The fourth-order valence-corrected chi connectivity index (χ4v) is 3.48. The molecule has 2 fully saturated rings. The van der Waals surface area contributed by atoms with Crippen molar-refractivity contribution in [2.45, 2.75) is 76.5 Å². The van der Waals surface area contributed by atoms with Gasteiger partial charge in [-0.15, -0.1) is 0 Å². The molecule has 0 saturated heterocycles. The molecule has 0 aromatic carbocycles. The summed E-state index contributed by atoms with van der Waals surface area (Å²) in [7, 11) is 0. The van der Waals surface area contributed by atoms with Crippen LogP contribution >= 0.6 is 0 Å². The zero-order chi connectivity index (χ0) is 12.4. The van der Waals surface area contributed by atoms with Crippen LogP contribution in [0.2, 0.25) is 0 Å². The van der Waals surface area contributed by atoms with Crippen LogP contribution in [0, 0.1) is 11.8 Å². The van der Waals surface area contributed by atoms with Crippen LogP contribution in [0.15, 0.2) is 0 Å². The van der Waals surface area contributed by atoms with Gasteiger partial charge in [-0.1, -0.05) is 13.8 Å². The standard InChI is InChI=1S/C14H29N3/c1-9-7-11(3-5-13(9)15)17-12-4-6-14(16)10(2)8-12/h9-14,17H,3-8,15-16H2,1-2H3. The van der Waals surface area contributed by atoms with E-state index < -0.39 is 0 Å². The predicted molar refractivity (Wildman–Crippen MR) is 72.7 cm³/mol. The summed E-state index contributed by atoms with van der Waals surface area (Å²) in [5.74, 6) is 1.34. The summed E-state index contributed by atoms with van der Waals surface area (Å²) in [6.45, 7) is 4.58. The van der Waals surface area contributed by atoms with Crippen molar-refractivity contribution in [3.63, 3.8) is 0 Å². The Kier molecular flexibility index (Phi) is 4.45. The van der Waals surface area contributed by atoms with Crippen LogP contribution in [0.5, 0.6) is 0 Å². The van der Waals surface area contributed by atoms with Crippen LogP contribution in [0.1, 0.15) is 52.4 Å². The SMILES string of the molecule is CC1CC(NC2CCC(N)C(C)C2)CCC1N. The normalized spacial score (nSPS) is 48.0. The molecule has 2 aliphatic rings. The lowest BCUT2D eigenvalue weighted by Crippen LogP contribution is -2.49. The van der Waals surface area contributed by atoms with Crippen molar-refractivity contribution < 1.29 is 0 Å². The fraction of sp³-hybridized carbons (Fsp3) is 1.00. The lowest BCUT2D eigenvalue weighted by Gasteiger charge is -2.38. The third kappa shape index (κ3) is 3.43. The average molecular weight is 239 g/mol. The molecule has 2 saturated carbocycles. The summed E-state index contributed by atoms with van der Waals surface area (Å²) in [4.78, 5) is 0. The van der Waals surface area contributed by atoms with Gasteiger partial charge >= 0.3 is 0 Å². The molecule has 5 N–H and O–H groups in total. The molecule has 0 aliphatic heterocycles. The zero-order valence-corrected chi connectivity index (χ0v) is 11.4. The summed E-state index contributed by atoms with van der Waals surface area (Å²) >= 11 is 0. The highest BCUT2D eigenvalue weighted by Gasteiger charge is 2.29. The number of rotatable bonds is 2. The second kappa shape index (κ2) is 5.68. The molecule has 0 radical (unpaired) electrons. The molecule has 0 bridgehead atoms. The highest BCUT2D eigenvalue weighted by Crippen LogP contribution is 2.27. The Balaban J connectivity index is 1.78. The molecular weight excluding hydrogens is 210 g/mol. The Labute approximate surface area is 106 Å². The molecule has 17 heavy (non-hydrogen) atoms. The van der Waals surface area contributed by atoms with Gasteiger partial charge in [-0.05, 0) is 50.4 Å². The van der Waals surface area contributed by atoms with Gasteiger partial charge in [0, 0.05) is 24.2 Å². The van der Waals surface area contributed by atoms with E-state index in [9.17, 15) is 0 Å². The van der Waals surface area contributed by atoms with Crippen LogP contribution in [-0.4, -0.2) is 24.2 Å². The minimum Gasteiger partial charge on any atom is -0.327 e. The molecule has 6 unspecified atom stereocenters. The van der Waals surface area contributed by atoms with E-state index in [2.05, 4.69) is 19.2 Å². The molecule has 0 heterocycles. The molecule has 3 nitrogen and oxygen atoms in total. The Morgan fingerprint density at radius 2 is 1.18 bits per heavy atom. The van der Waals surface area contributed by atoms with Crippen molar-refractivity contribution in [1.82, 2.24) is 5.32 Å². The molecule has 0 aromatic rings. The first-order valence-electron chi connectivity index (χ1n) is 7.33. The monoisotopic (exact) mass is 239 g/mol. The molecule has 0 spiro atoms. The molecule has 6 atom stereocenters. The van der Waals surface area contributed by atoms with Gasteiger partial charge < -0.3 is 16.8 Å². The quantitative estimate of drug-likeness (QED) is 0.686. The minimum atomic E-state index is 0.423. The zero-order valence-electron chi connectivity index (χ0n) is 11.4. The second-order valence-corrected chi connectivity index (χ2v) is 6.47. The van der Waals surface area contributed by atoms with E-state index in [-0.39, 0.29) is 0 Å². The van der Waals surface area contributed by atoms with Crippen LogP contribution < -0.4 is 16.8 Å². The lowest BCUT2D eigenvalue weighted by atomic mass is 9.80. The van der Waals surface area contributed by atoms with Crippen molar-refractivity contribution in [3.05, 3.63) is 0 Å². The van der Waals surface area contributed by atoms with Gasteiger partial charge in [0.05, 0.1) is 0 Å². The second-order valence-electron chi connectivity index (χ2n) is 6.47. The highest BCUT2D eigenvalue weighted by atomic mass is 15.0. The predicted octanol–water partition coefficient (Wildman–Crippen LogP) is 1.61. The van der Waals surface area contributed by atoms with Gasteiger partial charge in [-0.3, -0.25) is 0 Å². The first-order chi connectivity index (χ1) is 8.06. The summed E-state index contributed by atoms with van der Waals surface area (Å²) in [5.41, 5.74) is 12.1. The molecular formula is C14H29N3. The van der Waals surface area contributed by atoms with E-state index >= 15 is 0 Å². The summed E-state index contributed by atoms with van der Waals surface area (Å²) < 4.78 is 0. The molecule has 0 amide bonds. The van der Waals surface area contributed by atoms with Crippen molar-refractivity contribution in [1.29, 1.82) is 0 Å². The maximum atomic E-state index is 6.07.